The Morgan fingerprint density at radius 3 is 2.86 bits per heavy atom. The summed E-state index contributed by atoms with van der Waals surface area (Å²) < 4.78 is 0. The molecule has 0 bridgehead atoms. The minimum absolute atomic E-state index is 0.0238. The quantitative estimate of drug-likeness (QED) is 0.509. The van der Waals surface area contributed by atoms with Crippen LogP contribution in [0.1, 0.15) is 26.7 Å². The maximum atomic E-state index is 11.0. The van der Waals surface area contributed by atoms with Crippen molar-refractivity contribution in [3.63, 3.8) is 0 Å². The summed E-state index contributed by atoms with van der Waals surface area (Å²) in [6, 6.07) is 6.50. The molecule has 0 aromatic heterocycles. The number of nitrogens with zero attached hydrogens (tertiary/aromatic N) is 2. The van der Waals surface area contributed by atoms with E-state index in [2.05, 4.69) is 23.2 Å². The molecule has 5 nitrogen and oxygen atoms in total. The molecule has 0 amide bonds. The third-order valence-electron chi connectivity index (χ3n) is 3.71. The Morgan fingerprint density at radius 1 is 1.48 bits per heavy atom. The molecule has 5 heteroatoms. The van der Waals surface area contributed by atoms with Crippen LogP contribution < -0.4 is 5.43 Å². The van der Waals surface area contributed by atoms with Gasteiger partial charge in [-0.3, -0.25) is 15.5 Å². The van der Waals surface area contributed by atoms with Crippen LogP contribution in [0.25, 0.3) is 0 Å². The minimum Gasteiger partial charge on any atom is -0.271 e. The highest BCUT2D eigenvalue weighted by Gasteiger charge is 2.19. The van der Waals surface area contributed by atoms with Crippen molar-refractivity contribution in [3.8, 4) is 0 Å². The Balaban J connectivity index is 2.21. The van der Waals surface area contributed by atoms with Crippen LogP contribution in [0.3, 0.4) is 0 Å². The molecule has 0 aliphatic heterocycles. The molecule has 110 valence electrons. The molecule has 0 saturated carbocycles. The molecule has 0 fully saturated rings. The highest BCUT2D eigenvalue weighted by Crippen LogP contribution is 2.28. The topological polar surface area (TPSA) is 67.5 Å². The molecular formula is C16H19N3O2. The van der Waals surface area contributed by atoms with Crippen LogP contribution in [0, 0.1) is 16.0 Å². The van der Waals surface area contributed by atoms with Gasteiger partial charge in [0.2, 0.25) is 0 Å². The second-order valence-corrected chi connectivity index (χ2v) is 5.31. The molecule has 1 N–H and O–H groups in total. The molecule has 0 unspecified atom stereocenters. The smallest absolute Gasteiger partial charge is 0.271 e. The first-order valence-electron chi connectivity index (χ1n) is 6.87. The number of hydrogen-bond donors (Lipinski definition) is 1. The zero-order valence-corrected chi connectivity index (χ0v) is 12.3. The highest BCUT2D eigenvalue weighted by atomic mass is 16.6. The van der Waals surface area contributed by atoms with E-state index in [0.29, 0.717) is 11.6 Å². The van der Waals surface area contributed by atoms with Crippen LogP contribution in [0.2, 0.25) is 0 Å². The summed E-state index contributed by atoms with van der Waals surface area (Å²) in [4.78, 5) is 10.6. The van der Waals surface area contributed by atoms with Gasteiger partial charge in [0.25, 0.3) is 5.69 Å². The van der Waals surface area contributed by atoms with Gasteiger partial charge in [0.05, 0.1) is 10.6 Å². The number of nitro groups is 1. The zero-order valence-electron chi connectivity index (χ0n) is 12.3. The Kier molecular flexibility index (Phi) is 4.52. The van der Waals surface area contributed by atoms with Gasteiger partial charge in [-0.2, -0.15) is 5.10 Å². The lowest BCUT2D eigenvalue weighted by molar-refractivity contribution is -0.384. The number of nitro benzene ring substituents is 1. The van der Waals surface area contributed by atoms with Crippen molar-refractivity contribution in [2.24, 2.45) is 11.0 Å². The van der Waals surface area contributed by atoms with E-state index in [0.717, 1.165) is 29.7 Å². The third kappa shape index (κ3) is 3.56. The van der Waals surface area contributed by atoms with E-state index in [1.807, 2.05) is 13.8 Å². The van der Waals surface area contributed by atoms with Crippen LogP contribution in [0.4, 0.5) is 11.4 Å². The molecule has 0 heterocycles. The fraction of sp³-hybridized carbons (Fsp3) is 0.312. The molecule has 1 atom stereocenters. The van der Waals surface area contributed by atoms with Gasteiger partial charge in [-0.15, -0.1) is 0 Å². The number of anilines is 1. The van der Waals surface area contributed by atoms with E-state index in [1.165, 1.54) is 6.07 Å². The summed E-state index contributed by atoms with van der Waals surface area (Å²) in [5, 5.41) is 15.3. The Morgan fingerprint density at radius 2 is 2.19 bits per heavy atom. The third-order valence-corrected chi connectivity index (χ3v) is 3.71. The van der Waals surface area contributed by atoms with E-state index in [1.54, 1.807) is 18.2 Å². The maximum Gasteiger partial charge on any atom is 0.294 e. The highest BCUT2D eigenvalue weighted by molar-refractivity contribution is 6.01. The Labute approximate surface area is 124 Å². The number of rotatable bonds is 4. The molecule has 1 aromatic rings. The van der Waals surface area contributed by atoms with Gasteiger partial charge in [0, 0.05) is 6.07 Å². The Bertz CT molecular complexity index is 632. The summed E-state index contributed by atoms with van der Waals surface area (Å²) >= 11 is 0. The minimum atomic E-state index is -0.414. The summed E-state index contributed by atoms with van der Waals surface area (Å²) in [6.45, 7) is 8.03. The van der Waals surface area contributed by atoms with Crippen molar-refractivity contribution in [2.45, 2.75) is 26.7 Å². The largest absolute Gasteiger partial charge is 0.294 e. The normalized spacial score (nSPS) is 20.0. The van der Waals surface area contributed by atoms with Gasteiger partial charge >= 0.3 is 0 Å². The van der Waals surface area contributed by atoms with Crippen LogP contribution in [-0.4, -0.2) is 10.6 Å². The van der Waals surface area contributed by atoms with E-state index in [9.17, 15) is 10.1 Å². The number of hydrazone groups is 1. The predicted molar refractivity (Wildman–Crippen MR) is 85.4 cm³/mol. The van der Waals surface area contributed by atoms with Gasteiger partial charge in [-0.25, -0.2) is 0 Å². The van der Waals surface area contributed by atoms with Crippen LogP contribution in [0.5, 0.6) is 0 Å². The molecule has 0 spiro atoms. The van der Waals surface area contributed by atoms with Gasteiger partial charge in [0.1, 0.15) is 5.69 Å². The standard InChI is InChI=1S/C16H19N3O2/c1-11(2)13-9-8-12(3)15(10-13)18-17-14-6-4-5-7-16(14)19(20)21/h4-8,13,17H,1,9-10H2,2-3H3/b18-15-/t13-/m1/s1. The van der Waals surface area contributed by atoms with Gasteiger partial charge in [-0.1, -0.05) is 30.4 Å². The van der Waals surface area contributed by atoms with Crippen LogP contribution in [0.15, 0.2) is 53.2 Å². The first kappa shape index (κ1) is 15.0. The summed E-state index contributed by atoms with van der Waals surface area (Å²) in [7, 11) is 0. The molecule has 2 rings (SSSR count). The van der Waals surface area contributed by atoms with Crippen molar-refractivity contribution in [3.05, 3.63) is 58.2 Å². The first-order valence-corrected chi connectivity index (χ1v) is 6.87. The summed E-state index contributed by atoms with van der Waals surface area (Å²) in [5.41, 5.74) is 6.43. The van der Waals surface area contributed by atoms with Crippen molar-refractivity contribution in [1.29, 1.82) is 0 Å². The van der Waals surface area contributed by atoms with Crippen molar-refractivity contribution in [1.82, 2.24) is 0 Å². The zero-order chi connectivity index (χ0) is 15.4. The van der Waals surface area contributed by atoms with E-state index < -0.39 is 4.92 Å². The number of para-hydroxylation sites is 2. The lowest BCUT2D eigenvalue weighted by Crippen LogP contribution is -2.16. The number of benzene rings is 1. The summed E-state index contributed by atoms with van der Waals surface area (Å²) in [5.74, 6) is 0.389. The monoisotopic (exact) mass is 285 g/mol. The number of hydrogen-bond acceptors (Lipinski definition) is 4. The van der Waals surface area contributed by atoms with Gasteiger partial charge < -0.3 is 0 Å². The van der Waals surface area contributed by atoms with Crippen LogP contribution >= 0.6 is 0 Å². The lowest BCUT2D eigenvalue weighted by Gasteiger charge is -2.22. The number of nitrogens with one attached hydrogen (secondary N) is 1. The molecule has 1 aromatic carbocycles. The van der Waals surface area contributed by atoms with Crippen LogP contribution in [-0.2, 0) is 0 Å². The van der Waals surface area contributed by atoms with E-state index in [4.69, 9.17) is 0 Å². The number of allylic oxidation sites excluding steroid dienone is 3. The van der Waals surface area contributed by atoms with E-state index >= 15 is 0 Å². The predicted octanol–water partition coefficient (Wildman–Crippen LogP) is 4.30. The van der Waals surface area contributed by atoms with Crippen molar-refractivity contribution in [2.75, 3.05) is 5.43 Å². The molecule has 1 aliphatic rings. The van der Waals surface area contributed by atoms with Crippen molar-refractivity contribution >= 4 is 17.1 Å². The molecular weight excluding hydrogens is 266 g/mol. The first-order chi connectivity index (χ1) is 9.99. The van der Waals surface area contributed by atoms with Gasteiger partial charge in [-0.05, 0) is 44.2 Å². The molecule has 0 saturated heterocycles. The average Bonchev–Trinajstić information content (AvgIpc) is 2.46. The Hall–Kier alpha value is -2.43. The fourth-order valence-corrected chi connectivity index (χ4v) is 2.28. The van der Waals surface area contributed by atoms with Crippen molar-refractivity contribution < 1.29 is 4.92 Å². The SMILES string of the molecule is C=C(C)[C@@H]1CC=C(C)/C(=N\Nc2ccccc2[N+](=O)[O-])C1. The van der Waals surface area contributed by atoms with E-state index in [-0.39, 0.29) is 5.69 Å². The second kappa shape index (κ2) is 6.35. The average molecular weight is 285 g/mol. The lowest BCUT2D eigenvalue weighted by atomic mass is 9.85. The molecule has 0 radical (unpaired) electrons. The fourth-order valence-electron chi connectivity index (χ4n) is 2.28. The summed E-state index contributed by atoms with van der Waals surface area (Å²) in [6.07, 6.45) is 3.93. The molecule has 1 aliphatic carbocycles. The maximum absolute atomic E-state index is 11.0. The van der Waals surface area contributed by atoms with Gasteiger partial charge in [0.15, 0.2) is 0 Å². The second-order valence-electron chi connectivity index (χ2n) is 5.31. The molecule has 21 heavy (non-hydrogen) atoms.